The molecular weight excluding hydrogens is 356 g/mol. The van der Waals surface area contributed by atoms with Crippen molar-refractivity contribution in [2.45, 2.75) is 25.3 Å². The molecule has 6 nitrogen and oxygen atoms in total. The van der Waals surface area contributed by atoms with Crippen molar-refractivity contribution in [1.29, 1.82) is 0 Å². The minimum absolute atomic E-state index is 0.648. The Kier molecular flexibility index (Phi) is 3.87. The van der Waals surface area contributed by atoms with Crippen LogP contribution < -0.4 is 5.32 Å². The lowest BCUT2D eigenvalue weighted by Crippen LogP contribution is -2.11. The molecule has 1 aliphatic carbocycles. The predicted molar refractivity (Wildman–Crippen MR) is 92.2 cm³/mol. The molecule has 1 fully saturated rings. The van der Waals surface area contributed by atoms with E-state index in [0.29, 0.717) is 5.92 Å². The highest BCUT2D eigenvalue weighted by molar-refractivity contribution is 9.10. The Morgan fingerprint density at radius 1 is 1.26 bits per heavy atom. The first-order valence-electron chi connectivity index (χ1n) is 7.73. The van der Waals surface area contributed by atoms with Crippen molar-refractivity contribution in [2.75, 3.05) is 11.9 Å². The fourth-order valence-corrected chi connectivity index (χ4v) is 2.73. The molecule has 23 heavy (non-hydrogen) atoms. The van der Waals surface area contributed by atoms with Crippen LogP contribution in [0.2, 0.25) is 0 Å². The maximum Gasteiger partial charge on any atom is 0.200 e. The predicted octanol–water partition coefficient (Wildman–Crippen LogP) is 3.42. The zero-order valence-corrected chi connectivity index (χ0v) is 14.1. The van der Waals surface area contributed by atoms with Gasteiger partial charge in [-0.15, -0.1) is 5.10 Å². The number of anilines is 1. The number of benzene rings is 1. The van der Waals surface area contributed by atoms with Gasteiger partial charge in [-0.2, -0.15) is 0 Å². The van der Waals surface area contributed by atoms with Gasteiger partial charge in [0.05, 0.1) is 24.1 Å². The second-order valence-electron chi connectivity index (χ2n) is 5.76. The average Bonchev–Trinajstić information content (AvgIpc) is 3.12. The van der Waals surface area contributed by atoms with Crippen LogP contribution >= 0.6 is 15.9 Å². The van der Waals surface area contributed by atoms with Gasteiger partial charge in [0.1, 0.15) is 0 Å². The van der Waals surface area contributed by atoms with Gasteiger partial charge < -0.3 is 10.3 Å². The highest BCUT2D eigenvalue weighted by Crippen LogP contribution is 2.38. The number of halogens is 1. The maximum atomic E-state index is 4.37. The third-order valence-corrected chi connectivity index (χ3v) is 4.45. The van der Waals surface area contributed by atoms with Crippen LogP contribution in [0.1, 0.15) is 24.5 Å². The minimum atomic E-state index is 0.648. The monoisotopic (exact) mass is 372 g/mol. The number of rotatable bonds is 6. The third-order valence-electron chi connectivity index (χ3n) is 3.92. The van der Waals surface area contributed by atoms with E-state index >= 15 is 0 Å². The Bertz CT molecular complexity index is 787. The molecule has 1 aliphatic rings. The van der Waals surface area contributed by atoms with E-state index in [2.05, 4.69) is 59.9 Å². The second-order valence-corrected chi connectivity index (χ2v) is 6.68. The maximum absolute atomic E-state index is 4.37. The summed E-state index contributed by atoms with van der Waals surface area (Å²) in [6.45, 7) is 1.52. The van der Waals surface area contributed by atoms with Gasteiger partial charge in [-0.05, 0) is 30.5 Å². The molecule has 0 amide bonds. The molecule has 0 unspecified atom stereocenters. The third kappa shape index (κ3) is 3.44. The lowest BCUT2D eigenvalue weighted by molar-refractivity contribution is 0.607. The Labute approximate surface area is 142 Å². The molecular formula is C16H17BrN6. The molecule has 0 aliphatic heterocycles. The number of H-pyrrole nitrogens is 1. The van der Waals surface area contributed by atoms with Gasteiger partial charge in [-0.25, -0.2) is 4.98 Å². The van der Waals surface area contributed by atoms with Crippen LogP contribution in [-0.4, -0.2) is 31.5 Å². The van der Waals surface area contributed by atoms with E-state index in [9.17, 15) is 0 Å². The standard InChI is InChI=1S/C16H17BrN6/c17-13-5-3-11(4-6-13)14-9-19-16(20-14)18-7-8-23-10-15(21-22-23)12-1-2-12/h3-6,9-10,12H,1-2,7-8H2,(H2,18,19,20). The molecule has 1 saturated carbocycles. The van der Waals surface area contributed by atoms with E-state index in [0.717, 1.165) is 40.5 Å². The van der Waals surface area contributed by atoms with E-state index in [4.69, 9.17) is 0 Å². The molecule has 0 spiro atoms. The highest BCUT2D eigenvalue weighted by atomic mass is 79.9. The molecule has 0 bridgehead atoms. The van der Waals surface area contributed by atoms with Crippen molar-refractivity contribution in [1.82, 2.24) is 25.0 Å². The van der Waals surface area contributed by atoms with Crippen molar-refractivity contribution >= 4 is 21.9 Å². The molecule has 0 saturated heterocycles. The largest absolute Gasteiger partial charge is 0.354 e. The Balaban J connectivity index is 1.33. The fourth-order valence-electron chi connectivity index (χ4n) is 2.46. The summed E-state index contributed by atoms with van der Waals surface area (Å²) >= 11 is 3.44. The summed E-state index contributed by atoms with van der Waals surface area (Å²) in [5, 5.41) is 11.7. The van der Waals surface area contributed by atoms with E-state index in [-0.39, 0.29) is 0 Å². The SMILES string of the molecule is Brc1ccc(-c2cnc(NCCn3cc(C4CC4)nn3)[nH]2)cc1. The molecule has 0 radical (unpaired) electrons. The number of imidazole rings is 1. The number of hydrogen-bond acceptors (Lipinski definition) is 4. The normalized spacial score (nSPS) is 14.1. The van der Waals surface area contributed by atoms with Crippen LogP contribution in [-0.2, 0) is 6.54 Å². The van der Waals surface area contributed by atoms with E-state index in [1.165, 1.54) is 12.8 Å². The molecule has 118 valence electrons. The van der Waals surface area contributed by atoms with Gasteiger partial charge in [0.25, 0.3) is 0 Å². The van der Waals surface area contributed by atoms with Crippen molar-refractivity contribution in [2.24, 2.45) is 0 Å². The van der Waals surface area contributed by atoms with Crippen LogP contribution in [0.25, 0.3) is 11.3 Å². The smallest absolute Gasteiger partial charge is 0.200 e. The molecule has 2 N–H and O–H groups in total. The van der Waals surface area contributed by atoms with Crippen LogP contribution in [0.5, 0.6) is 0 Å². The number of aromatic amines is 1. The number of nitrogens with one attached hydrogen (secondary N) is 2. The van der Waals surface area contributed by atoms with Gasteiger partial charge in [0.15, 0.2) is 0 Å². The van der Waals surface area contributed by atoms with Crippen LogP contribution in [0.3, 0.4) is 0 Å². The van der Waals surface area contributed by atoms with Gasteiger partial charge in [0, 0.05) is 23.1 Å². The molecule has 0 atom stereocenters. The van der Waals surface area contributed by atoms with E-state index in [1.54, 1.807) is 0 Å². The van der Waals surface area contributed by atoms with Crippen LogP contribution in [0, 0.1) is 0 Å². The summed E-state index contributed by atoms with van der Waals surface area (Å²) in [6, 6.07) is 8.14. The Hall–Kier alpha value is -2.15. The van der Waals surface area contributed by atoms with Crippen LogP contribution in [0.15, 0.2) is 41.1 Å². The zero-order valence-electron chi connectivity index (χ0n) is 12.5. The Morgan fingerprint density at radius 2 is 2.09 bits per heavy atom. The summed E-state index contributed by atoms with van der Waals surface area (Å²) in [7, 11) is 0. The summed E-state index contributed by atoms with van der Waals surface area (Å²) in [5.41, 5.74) is 3.23. The molecule has 2 aromatic heterocycles. The number of aromatic nitrogens is 5. The minimum Gasteiger partial charge on any atom is -0.354 e. The zero-order chi connectivity index (χ0) is 15.6. The summed E-state index contributed by atoms with van der Waals surface area (Å²) in [4.78, 5) is 7.65. The van der Waals surface area contributed by atoms with Crippen molar-refractivity contribution in [3.8, 4) is 11.3 Å². The molecule has 4 rings (SSSR count). The lowest BCUT2D eigenvalue weighted by Gasteiger charge is -2.02. The second kappa shape index (κ2) is 6.16. The molecule has 1 aromatic carbocycles. The van der Waals surface area contributed by atoms with Gasteiger partial charge >= 0.3 is 0 Å². The fraction of sp³-hybridized carbons (Fsp3) is 0.312. The summed E-state index contributed by atoms with van der Waals surface area (Å²) in [5.74, 6) is 1.42. The summed E-state index contributed by atoms with van der Waals surface area (Å²) < 4.78 is 2.96. The lowest BCUT2D eigenvalue weighted by atomic mass is 10.2. The number of nitrogens with zero attached hydrogens (tertiary/aromatic N) is 4. The topological polar surface area (TPSA) is 71.4 Å². The first-order chi connectivity index (χ1) is 11.3. The van der Waals surface area contributed by atoms with Gasteiger partial charge in [-0.1, -0.05) is 33.3 Å². The van der Waals surface area contributed by atoms with E-state index < -0.39 is 0 Å². The first-order valence-corrected chi connectivity index (χ1v) is 8.52. The molecule has 7 heteroatoms. The van der Waals surface area contributed by atoms with Crippen LogP contribution in [0.4, 0.5) is 5.95 Å². The molecule has 2 heterocycles. The average molecular weight is 373 g/mol. The first kappa shape index (κ1) is 14.4. The summed E-state index contributed by atoms with van der Waals surface area (Å²) in [6.07, 6.45) is 6.39. The van der Waals surface area contributed by atoms with E-state index in [1.807, 2.05) is 23.0 Å². The van der Waals surface area contributed by atoms with Crippen molar-refractivity contribution in [3.63, 3.8) is 0 Å². The van der Waals surface area contributed by atoms with Gasteiger partial charge in [-0.3, -0.25) is 4.68 Å². The van der Waals surface area contributed by atoms with Crippen molar-refractivity contribution in [3.05, 3.63) is 46.8 Å². The molecule has 3 aromatic rings. The van der Waals surface area contributed by atoms with Gasteiger partial charge in [0.2, 0.25) is 5.95 Å². The number of hydrogen-bond donors (Lipinski definition) is 2. The highest BCUT2D eigenvalue weighted by Gasteiger charge is 2.26. The van der Waals surface area contributed by atoms with Crippen molar-refractivity contribution < 1.29 is 0 Å². The quantitative estimate of drug-likeness (QED) is 0.695. The Morgan fingerprint density at radius 3 is 2.87 bits per heavy atom.